The standard InChI is InChI=1S/C18H27NO3/c1-15(8-6-14-18(2,3)22-4)7-5-9-16-10-12-17(13-11-16)19(20)21/h5,9-13,15H,6-8,14H2,1-4H3. The summed E-state index contributed by atoms with van der Waals surface area (Å²) in [5.41, 5.74) is 1.10. The van der Waals surface area contributed by atoms with Crippen molar-refractivity contribution in [2.45, 2.75) is 52.1 Å². The van der Waals surface area contributed by atoms with Crippen LogP contribution >= 0.6 is 0 Å². The van der Waals surface area contributed by atoms with Crippen LogP contribution in [0.2, 0.25) is 0 Å². The number of hydrogen-bond donors (Lipinski definition) is 0. The predicted octanol–water partition coefficient (Wildman–Crippen LogP) is 5.23. The lowest BCUT2D eigenvalue weighted by molar-refractivity contribution is -0.384. The molecule has 0 saturated carbocycles. The summed E-state index contributed by atoms with van der Waals surface area (Å²) in [5, 5.41) is 10.6. The summed E-state index contributed by atoms with van der Waals surface area (Å²) in [6.45, 7) is 6.48. The van der Waals surface area contributed by atoms with Crippen LogP contribution in [0, 0.1) is 16.0 Å². The molecule has 4 nitrogen and oxygen atoms in total. The van der Waals surface area contributed by atoms with E-state index < -0.39 is 0 Å². The highest BCUT2D eigenvalue weighted by Gasteiger charge is 2.15. The minimum Gasteiger partial charge on any atom is -0.379 e. The average molecular weight is 305 g/mol. The molecular formula is C18H27NO3. The molecule has 22 heavy (non-hydrogen) atoms. The highest BCUT2D eigenvalue weighted by molar-refractivity contribution is 5.51. The quantitative estimate of drug-likeness (QED) is 0.463. The number of allylic oxidation sites excluding steroid dienone is 1. The Bertz CT molecular complexity index is 492. The van der Waals surface area contributed by atoms with E-state index in [1.807, 2.05) is 6.08 Å². The van der Waals surface area contributed by atoms with Gasteiger partial charge in [0.05, 0.1) is 10.5 Å². The van der Waals surface area contributed by atoms with Crippen molar-refractivity contribution in [2.75, 3.05) is 7.11 Å². The molecule has 0 fully saturated rings. The van der Waals surface area contributed by atoms with Crippen molar-refractivity contribution in [1.82, 2.24) is 0 Å². The van der Waals surface area contributed by atoms with Gasteiger partial charge in [0.2, 0.25) is 0 Å². The molecule has 1 aromatic carbocycles. The largest absolute Gasteiger partial charge is 0.379 e. The van der Waals surface area contributed by atoms with Gasteiger partial charge in [-0.2, -0.15) is 0 Å². The second kappa shape index (κ2) is 8.69. The Hall–Kier alpha value is -1.68. The third-order valence-corrected chi connectivity index (χ3v) is 3.98. The molecule has 0 N–H and O–H groups in total. The van der Waals surface area contributed by atoms with Crippen LogP contribution in [0.3, 0.4) is 0 Å². The van der Waals surface area contributed by atoms with Crippen LogP contribution in [-0.2, 0) is 4.74 Å². The number of ether oxygens (including phenoxy) is 1. The van der Waals surface area contributed by atoms with E-state index in [1.165, 1.54) is 18.6 Å². The zero-order chi connectivity index (χ0) is 16.6. The highest BCUT2D eigenvalue weighted by atomic mass is 16.6. The lowest BCUT2D eigenvalue weighted by Gasteiger charge is -2.23. The molecule has 0 amide bonds. The Balaban J connectivity index is 2.34. The fourth-order valence-corrected chi connectivity index (χ4v) is 2.24. The van der Waals surface area contributed by atoms with Crippen LogP contribution in [0.4, 0.5) is 5.69 Å². The van der Waals surface area contributed by atoms with Crippen LogP contribution < -0.4 is 0 Å². The number of nitro groups is 1. The van der Waals surface area contributed by atoms with Gasteiger partial charge in [0.25, 0.3) is 5.69 Å². The first-order valence-corrected chi connectivity index (χ1v) is 7.80. The minimum absolute atomic E-state index is 0.0334. The molecule has 1 rings (SSSR count). The average Bonchev–Trinajstić information content (AvgIpc) is 2.47. The van der Waals surface area contributed by atoms with E-state index in [1.54, 1.807) is 19.2 Å². The molecule has 1 unspecified atom stereocenters. The topological polar surface area (TPSA) is 52.4 Å². The lowest BCUT2D eigenvalue weighted by Crippen LogP contribution is -2.22. The van der Waals surface area contributed by atoms with E-state index in [-0.39, 0.29) is 16.2 Å². The number of nitro benzene ring substituents is 1. The number of non-ortho nitro benzene ring substituents is 1. The van der Waals surface area contributed by atoms with E-state index in [2.05, 4.69) is 26.8 Å². The van der Waals surface area contributed by atoms with Gasteiger partial charge in [0, 0.05) is 19.2 Å². The van der Waals surface area contributed by atoms with Crippen molar-refractivity contribution in [3.05, 3.63) is 46.0 Å². The van der Waals surface area contributed by atoms with Crippen molar-refractivity contribution in [1.29, 1.82) is 0 Å². The number of hydrogen-bond acceptors (Lipinski definition) is 3. The van der Waals surface area contributed by atoms with Crippen molar-refractivity contribution < 1.29 is 9.66 Å². The fraction of sp³-hybridized carbons (Fsp3) is 0.556. The predicted molar refractivity (Wildman–Crippen MR) is 90.9 cm³/mol. The maximum atomic E-state index is 10.6. The summed E-state index contributed by atoms with van der Waals surface area (Å²) in [7, 11) is 1.76. The van der Waals surface area contributed by atoms with Gasteiger partial charge in [0.1, 0.15) is 0 Å². The molecule has 0 aliphatic rings. The van der Waals surface area contributed by atoms with Crippen LogP contribution in [0.15, 0.2) is 30.3 Å². The monoisotopic (exact) mass is 305 g/mol. The molecule has 4 heteroatoms. The molecule has 0 aromatic heterocycles. The Morgan fingerprint density at radius 1 is 1.32 bits per heavy atom. The maximum Gasteiger partial charge on any atom is 0.269 e. The number of rotatable bonds is 9. The minimum atomic E-state index is -0.378. The van der Waals surface area contributed by atoms with E-state index >= 15 is 0 Å². The van der Waals surface area contributed by atoms with Crippen molar-refractivity contribution >= 4 is 11.8 Å². The van der Waals surface area contributed by atoms with E-state index in [0.29, 0.717) is 5.92 Å². The Labute approximate surface area is 133 Å². The zero-order valence-electron chi connectivity index (χ0n) is 14.0. The third-order valence-electron chi connectivity index (χ3n) is 3.98. The van der Waals surface area contributed by atoms with Crippen LogP contribution in [0.5, 0.6) is 0 Å². The molecule has 0 aliphatic heterocycles. The smallest absolute Gasteiger partial charge is 0.269 e. The summed E-state index contributed by atoms with van der Waals surface area (Å²) in [6, 6.07) is 6.63. The van der Waals surface area contributed by atoms with Crippen LogP contribution in [-0.4, -0.2) is 17.6 Å². The molecule has 0 bridgehead atoms. The first-order valence-electron chi connectivity index (χ1n) is 7.80. The van der Waals surface area contributed by atoms with Gasteiger partial charge < -0.3 is 4.74 Å². The summed E-state index contributed by atoms with van der Waals surface area (Å²) in [6.07, 6.45) is 8.60. The normalized spacial score (nSPS) is 13.5. The third kappa shape index (κ3) is 6.85. The molecule has 0 heterocycles. The lowest BCUT2D eigenvalue weighted by atomic mass is 9.95. The fourth-order valence-electron chi connectivity index (χ4n) is 2.24. The molecule has 1 aromatic rings. The first kappa shape index (κ1) is 18.4. The van der Waals surface area contributed by atoms with Gasteiger partial charge in [-0.05, 0) is 50.3 Å². The molecule has 0 radical (unpaired) electrons. The van der Waals surface area contributed by atoms with Gasteiger partial charge in [-0.25, -0.2) is 0 Å². The van der Waals surface area contributed by atoms with Gasteiger partial charge in [-0.1, -0.05) is 31.9 Å². The maximum absolute atomic E-state index is 10.6. The van der Waals surface area contributed by atoms with Crippen molar-refractivity contribution in [2.24, 2.45) is 5.92 Å². The Morgan fingerprint density at radius 3 is 2.50 bits per heavy atom. The second-order valence-corrected chi connectivity index (χ2v) is 6.45. The molecule has 0 saturated heterocycles. The number of benzene rings is 1. The first-order chi connectivity index (χ1) is 10.3. The van der Waals surface area contributed by atoms with Gasteiger partial charge in [0.15, 0.2) is 0 Å². The molecule has 122 valence electrons. The molecular weight excluding hydrogens is 278 g/mol. The van der Waals surface area contributed by atoms with E-state index in [0.717, 1.165) is 24.8 Å². The van der Waals surface area contributed by atoms with Crippen LogP contribution in [0.25, 0.3) is 6.08 Å². The molecule has 1 atom stereocenters. The van der Waals surface area contributed by atoms with Gasteiger partial charge in [-0.3, -0.25) is 10.1 Å². The van der Waals surface area contributed by atoms with Gasteiger partial charge in [-0.15, -0.1) is 0 Å². The summed E-state index contributed by atoms with van der Waals surface area (Å²) in [4.78, 5) is 10.2. The van der Waals surface area contributed by atoms with Crippen molar-refractivity contribution in [3.8, 4) is 0 Å². The molecule has 0 aliphatic carbocycles. The van der Waals surface area contributed by atoms with E-state index in [9.17, 15) is 10.1 Å². The molecule has 0 spiro atoms. The summed E-state index contributed by atoms with van der Waals surface area (Å²) in [5.74, 6) is 0.627. The zero-order valence-corrected chi connectivity index (χ0v) is 14.0. The van der Waals surface area contributed by atoms with Crippen molar-refractivity contribution in [3.63, 3.8) is 0 Å². The highest BCUT2D eigenvalue weighted by Crippen LogP contribution is 2.21. The number of nitrogens with zero attached hydrogens (tertiary/aromatic N) is 1. The number of methoxy groups -OCH3 is 1. The SMILES string of the molecule is COC(C)(C)CCCC(C)CC=Cc1ccc([N+](=O)[O-])cc1. The van der Waals surface area contributed by atoms with Crippen LogP contribution in [0.1, 0.15) is 52.0 Å². The van der Waals surface area contributed by atoms with Gasteiger partial charge >= 0.3 is 0 Å². The second-order valence-electron chi connectivity index (χ2n) is 6.45. The van der Waals surface area contributed by atoms with E-state index in [4.69, 9.17) is 4.74 Å². The Kier molecular flexibility index (Phi) is 7.25. The Morgan fingerprint density at radius 2 is 1.95 bits per heavy atom. The summed E-state index contributed by atoms with van der Waals surface area (Å²) < 4.78 is 5.42. The summed E-state index contributed by atoms with van der Waals surface area (Å²) >= 11 is 0.